The molecule has 0 aliphatic carbocycles. The van der Waals surface area contributed by atoms with Crippen LogP contribution in [0.2, 0.25) is 0 Å². The first-order valence-electron chi connectivity index (χ1n) is 6.39. The Morgan fingerprint density at radius 3 is 2.74 bits per heavy atom. The zero-order valence-corrected chi connectivity index (χ0v) is 12.1. The van der Waals surface area contributed by atoms with Gasteiger partial charge in [-0.2, -0.15) is 0 Å². The van der Waals surface area contributed by atoms with E-state index in [1.165, 1.54) is 18.4 Å². The summed E-state index contributed by atoms with van der Waals surface area (Å²) in [6.45, 7) is 1.51. The Kier molecular flexibility index (Phi) is 4.44. The molecule has 1 fully saturated rings. The van der Waals surface area contributed by atoms with Crippen molar-refractivity contribution in [3.05, 3.63) is 24.3 Å². The van der Waals surface area contributed by atoms with Crippen LogP contribution in [0.25, 0.3) is 0 Å². The molecule has 1 unspecified atom stereocenters. The van der Waals surface area contributed by atoms with E-state index in [9.17, 15) is 8.42 Å². The number of ether oxygens (including phenoxy) is 1. The summed E-state index contributed by atoms with van der Waals surface area (Å²) in [7, 11) is -0.428. The summed E-state index contributed by atoms with van der Waals surface area (Å²) < 4.78 is 31.2. The monoisotopic (exact) mass is 284 g/mol. The van der Waals surface area contributed by atoms with Gasteiger partial charge >= 0.3 is 0 Å². The summed E-state index contributed by atoms with van der Waals surface area (Å²) in [5.41, 5.74) is 0. The quantitative estimate of drug-likeness (QED) is 0.878. The summed E-state index contributed by atoms with van der Waals surface area (Å²) in [5, 5.41) is 3.32. The average Bonchev–Trinajstić information content (AvgIpc) is 2.89. The molecule has 106 valence electrons. The molecule has 0 saturated carbocycles. The maximum Gasteiger partial charge on any atom is 0.246 e. The fourth-order valence-electron chi connectivity index (χ4n) is 2.07. The van der Waals surface area contributed by atoms with Crippen LogP contribution in [0.5, 0.6) is 5.75 Å². The highest BCUT2D eigenvalue weighted by molar-refractivity contribution is 7.89. The number of benzene rings is 1. The predicted octanol–water partition coefficient (Wildman–Crippen LogP) is 1.07. The van der Waals surface area contributed by atoms with Crippen LogP contribution in [0.15, 0.2) is 29.2 Å². The smallest absolute Gasteiger partial charge is 0.246 e. The van der Waals surface area contributed by atoms with Gasteiger partial charge in [0.1, 0.15) is 17.3 Å². The van der Waals surface area contributed by atoms with Gasteiger partial charge in [-0.3, -0.25) is 0 Å². The molecule has 6 heteroatoms. The third-order valence-corrected chi connectivity index (χ3v) is 5.06. The second-order valence-corrected chi connectivity index (χ2v) is 6.96. The van der Waals surface area contributed by atoms with Gasteiger partial charge in [0.05, 0.1) is 0 Å². The lowest BCUT2D eigenvalue weighted by atomic mass is 10.2. The van der Waals surface area contributed by atoms with Crippen molar-refractivity contribution in [1.82, 2.24) is 9.62 Å². The molecular weight excluding hydrogens is 264 g/mol. The van der Waals surface area contributed by atoms with Gasteiger partial charge in [0, 0.05) is 20.1 Å². The fourth-order valence-corrected chi connectivity index (χ4v) is 3.09. The molecule has 0 spiro atoms. The molecule has 1 aliphatic rings. The van der Waals surface area contributed by atoms with Crippen LogP contribution in [-0.2, 0) is 10.0 Å². The standard InChI is InChI=1S/C13H20N2O3S/c1-15(2)19(16,17)13-8-4-3-7-12(13)18-10-11-6-5-9-14-11/h3-4,7-8,11,14H,5-6,9-10H2,1-2H3. The van der Waals surface area contributed by atoms with Crippen molar-refractivity contribution >= 4 is 10.0 Å². The van der Waals surface area contributed by atoms with Gasteiger partial charge in [-0.25, -0.2) is 12.7 Å². The van der Waals surface area contributed by atoms with Crippen molar-refractivity contribution in [3.8, 4) is 5.75 Å². The van der Waals surface area contributed by atoms with Crippen molar-refractivity contribution in [2.75, 3.05) is 27.2 Å². The lowest BCUT2D eigenvalue weighted by Crippen LogP contribution is -2.29. The molecule has 19 heavy (non-hydrogen) atoms. The van der Waals surface area contributed by atoms with Crippen LogP contribution in [-0.4, -0.2) is 46.0 Å². The Bertz CT molecular complexity index is 522. The zero-order chi connectivity index (χ0) is 13.9. The minimum absolute atomic E-state index is 0.220. The van der Waals surface area contributed by atoms with E-state index in [0.717, 1.165) is 19.4 Å². The van der Waals surface area contributed by atoms with Crippen molar-refractivity contribution in [2.24, 2.45) is 0 Å². The van der Waals surface area contributed by atoms with Crippen molar-refractivity contribution in [3.63, 3.8) is 0 Å². The maximum atomic E-state index is 12.2. The Hall–Kier alpha value is -1.11. The van der Waals surface area contributed by atoms with Crippen molar-refractivity contribution in [2.45, 2.75) is 23.8 Å². The van der Waals surface area contributed by atoms with Crippen LogP contribution >= 0.6 is 0 Å². The van der Waals surface area contributed by atoms with Gasteiger partial charge in [0.15, 0.2) is 0 Å². The van der Waals surface area contributed by atoms with Gasteiger partial charge < -0.3 is 10.1 Å². The Morgan fingerprint density at radius 2 is 2.11 bits per heavy atom. The molecule has 1 atom stereocenters. The Balaban J connectivity index is 2.16. The van der Waals surface area contributed by atoms with E-state index in [1.54, 1.807) is 24.3 Å². The van der Waals surface area contributed by atoms with Crippen LogP contribution in [0.3, 0.4) is 0 Å². The molecule has 1 aliphatic heterocycles. The maximum absolute atomic E-state index is 12.2. The van der Waals surface area contributed by atoms with E-state index in [-0.39, 0.29) is 4.90 Å². The summed E-state index contributed by atoms with van der Waals surface area (Å²) in [6, 6.07) is 7.08. The van der Waals surface area contributed by atoms with E-state index in [0.29, 0.717) is 18.4 Å². The number of hydrogen-bond donors (Lipinski definition) is 1. The van der Waals surface area contributed by atoms with E-state index >= 15 is 0 Å². The number of hydrogen-bond acceptors (Lipinski definition) is 4. The second-order valence-electron chi connectivity index (χ2n) is 4.84. The molecule has 0 bridgehead atoms. The summed E-state index contributed by atoms with van der Waals surface area (Å²) in [4.78, 5) is 0.220. The van der Waals surface area contributed by atoms with Crippen LogP contribution in [0.4, 0.5) is 0 Å². The van der Waals surface area contributed by atoms with Crippen molar-refractivity contribution < 1.29 is 13.2 Å². The molecule has 1 N–H and O–H groups in total. The molecule has 1 aromatic carbocycles. The summed E-state index contributed by atoms with van der Waals surface area (Å²) >= 11 is 0. The molecule has 0 aromatic heterocycles. The molecule has 1 aromatic rings. The lowest BCUT2D eigenvalue weighted by Gasteiger charge is -2.17. The van der Waals surface area contributed by atoms with E-state index in [2.05, 4.69) is 5.32 Å². The number of nitrogens with one attached hydrogen (secondary N) is 1. The highest BCUT2D eigenvalue weighted by Crippen LogP contribution is 2.25. The van der Waals surface area contributed by atoms with Gasteiger partial charge in [-0.1, -0.05) is 12.1 Å². The highest BCUT2D eigenvalue weighted by atomic mass is 32.2. The number of sulfonamides is 1. The Morgan fingerprint density at radius 1 is 1.37 bits per heavy atom. The van der Waals surface area contributed by atoms with E-state index in [1.807, 2.05) is 0 Å². The molecular formula is C13H20N2O3S. The molecule has 1 saturated heterocycles. The van der Waals surface area contributed by atoms with Gasteiger partial charge in [-0.05, 0) is 31.5 Å². The van der Waals surface area contributed by atoms with Crippen LogP contribution in [0.1, 0.15) is 12.8 Å². The van der Waals surface area contributed by atoms with Crippen LogP contribution in [0, 0.1) is 0 Å². The normalized spacial score (nSPS) is 19.8. The molecule has 5 nitrogen and oxygen atoms in total. The van der Waals surface area contributed by atoms with E-state index < -0.39 is 10.0 Å². The first-order chi connectivity index (χ1) is 9.01. The first-order valence-corrected chi connectivity index (χ1v) is 7.83. The van der Waals surface area contributed by atoms with Crippen molar-refractivity contribution in [1.29, 1.82) is 0 Å². The molecule has 0 amide bonds. The minimum Gasteiger partial charge on any atom is -0.491 e. The number of rotatable bonds is 5. The number of para-hydroxylation sites is 1. The SMILES string of the molecule is CN(C)S(=O)(=O)c1ccccc1OCC1CCCN1. The topological polar surface area (TPSA) is 58.6 Å². The van der Waals surface area contributed by atoms with Crippen LogP contribution < -0.4 is 10.1 Å². The van der Waals surface area contributed by atoms with Gasteiger partial charge in [0.25, 0.3) is 0 Å². The summed E-state index contributed by atoms with van der Waals surface area (Å²) in [6.07, 6.45) is 2.22. The molecule has 2 rings (SSSR count). The predicted molar refractivity (Wildman–Crippen MR) is 73.8 cm³/mol. The van der Waals surface area contributed by atoms with E-state index in [4.69, 9.17) is 4.74 Å². The molecule has 0 radical (unpaired) electrons. The molecule has 1 heterocycles. The Labute approximate surface area is 114 Å². The number of nitrogens with zero attached hydrogens (tertiary/aromatic N) is 1. The van der Waals surface area contributed by atoms with Gasteiger partial charge in [0.2, 0.25) is 10.0 Å². The first kappa shape index (κ1) is 14.3. The largest absolute Gasteiger partial charge is 0.491 e. The lowest BCUT2D eigenvalue weighted by molar-refractivity contribution is 0.270. The summed E-state index contributed by atoms with van der Waals surface area (Å²) in [5.74, 6) is 0.421. The minimum atomic E-state index is -3.47. The fraction of sp³-hybridized carbons (Fsp3) is 0.538. The second kappa shape index (κ2) is 5.90. The highest BCUT2D eigenvalue weighted by Gasteiger charge is 2.22. The average molecular weight is 284 g/mol. The third-order valence-electron chi connectivity index (χ3n) is 3.21. The van der Waals surface area contributed by atoms with Gasteiger partial charge in [-0.15, -0.1) is 0 Å². The zero-order valence-electron chi connectivity index (χ0n) is 11.3. The third kappa shape index (κ3) is 3.26.